The molecule has 4 rings (SSSR count). The monoisotopic (exact) mass is 480 g/mol. The predicted molar refractivity (Wildman–Crippen MR) is 125 cm³/mol. The second-order valence-corrected chi connectivity index (χ2v) is 8.61. The third kappa shape index (κ3) is 5.31. The van der Waals surface area contributed by atoms with Crippen molar-refractivity contribution in [1.82, 2.24) is 10.2 Å². The van der Waals surface area contributed by atoms with Gasteiger partial charge in [0.25, 0.3) is 11.8 Å². The molecule has 174 valence electrons. The highest BCUT2D eigenvalue weighted by molar-refractivity contribution is 8.15. The molecule has 0 aliphatic carbocycles. The molecule has 1 saturated heterocycles. The van der Waals surface area contributed by atoms with Gasteiger partial charge in [-0.25, -0.2) is 0 Å². The molecule has 0 radical (unpaired) electrons. The quantitative estimate of drug-likeness (QED) is 0.243. The lowest BCUT2D eigenvalue weighted by atomic mass is 10.1. The van der Waals surface area contributed by atoms with Crippen molar-refractivity contribution in [2.24, 2.45) is 10.2 Å². The van der Waals surface area contributed by atoms with Crippen molar-refractivity contribution in [2.45, 2.75) is 18.1 Å². The van der Waals surface area contributed by atoms with Gasteiger partial charge in [0, 0.05) is 6.54 Å². The molecule has 0 saturated carbocycles. The van der Waals surface area contributed by atoms with E-state index in [2.05, 4.69) is 15.5 Å². The van der Waals surface area contributed by atoms with Gasteiger partial charge in [0.2, 0.25) is 5.91 Å². The molecule has 11 heteroatoms. The molecule has 2 aromatic carbocycles. The van der Waals surface area contributed by atoms with Gasteiger partial charge in [-0.3, -0.25) is 24.1 Å². The summed E-state index contributed by atoms with van der Waals surface area (Å²) in [6.07, 6.45) is 1.72. The summed E-state index contributed by atoms with van der Waals surface area (Å²) in [5, 5.41) is 18.7. The standard InChI is InChI=1S/C23H20N4O6S/c28-19(29)12-18-20(30)25-23(34-18)26-24-13-14-6-8-15(9-7-14)33-11-3-10-27-21(31)16-4-1-2-5-17(16)22(27)32/h1-2,4-9,13,18H,3,10-12H2,(H,28,29)(H,25,26,30). The fourth-order valence-electron chi connectivity index (χ4n) is 3.40. The number of aliphatic carboxylic acids is 1. The van der Waals surface area contributed by atoms with E-state index in [1.54, 1.807) is 48.5 Å². The smallest absolute Gasteiger partial charge is 0.305 e. The molecule has 10 nitrogen and oxygen atoms in total. The number of amides is 3. The fourth-order valence-corrected chi connectivity index (χ4v) is 4.31. The second-order valence-electron chi connectivity index (χ2n) is 7.42. The molecule has 34 heavy (non-hydrogen) atoms. The minimum Gasteiger partial charge on any atom is -0.494 e. The first-order chi connectivity index (χ1) is 16.4. The first kappa shape index (κ1) is 23.2. The maximum Gasteiger partial charge on any atom is 0.305 e. The molecular weight excluding hydrogens is 460 g/mol. The van der Waals surface area contributed by atoms with Gasteiger partial charge in [-0.1, -0.05) is 23.9 Å². The molecule has 3 amide bonds. The van der Waals surface area contributed by atoms with E-state index in [1.807, 2.05) is 0 Å². The Morgan fingerprint density at radius 3 is 2.41 bits per heavy atom. The minimum absolute atomic E-state index is 0.255. The van der Waals surface area contributed by atoms with Crippen LogP contribution in [0.4, 0.5) is 0 Å². The summed E-state index contributed by atoms with van der Waals surface area (Å²) in [5.74, 6) is -1.38. The lowest BCUT2D eigenvalue weighted by molar-refractivity contribution is -0.138. The highest BCUT2D eigenvalue weighted by atomic mass is 32.2. The summed E-state index contributed by atoms with van der Waals surface area (Å²) in [5.41, 5.74) is 1.62. The van der Waals surface area contributed by atoms with E-state index in [9.17, 15) is 19.2 Å². The van der Waals surface area contributed by atoms with Crippen molar-refractivity contribution < 1.29 is 29.0 Å². The molecular formula is C23H20N4O6S. The van der Waals surface area contributed by atoms with E-state index in [-0.39, 0.29) is 29.9 Å². The number of hydrogen-bond acceptors (Lipinski definition) is 8. The van der Waals surface area contributed by atoms with Crippen LogP contribution >= 0.6 is 11.8 Å². The van der Waals surface area contributed by atoms with Crippen LogP contribution in [-0.4, -0.2) is 63.5 Å². The zero-order chi connectivity index (χ0) is 24.1. The Bertz CT molecular complexity index is 1160. The van der Waals surface area contributed by atoms with E-state index in [1.165, 1.54) is 11.1 Å². The number of imide groups is 1. The van der Waals surface area contributed by atoms with Crippen LogP contribution in [0, 0.1) is 0 Å². The van der Waals surface area contributed by atoms with E-state index < -0.39 is 17.1 Å². The Labute approximate surface area is 198 Å². The number of hydrogen-bond donors (Lipinski definition) is 2. The summed E-state index contributed by atoms with van der Waals surface area (Å²) >= 11 is 1.03. The van der Waals surface area contributed by atoms with Crippen LogP contribution in [0.25, 0.3) is 0 Å². The van der Waals surface area contributed by atoms with Crippen LogP contribution in [-0.2, 0) is 9.59 Å². The predicted octanol–water partition coefficient (Wildman–Crippen LogP) is 2.15. The van der Waals surface area contributed by atoms with Gasteiger partial charge in [0.15, 0.2) is 5.17 Å². The molecule has 0 spiro atoms. The average Bonchev–Trinajstić information content (AvgIpc) is 3.28. The molecule has 2 N–H and O–H groups in total. The van der Waals surface area contributed by atoms with Crippen LogP contribution < -0.4 is 10.1 Å². The van der Waals surface area contributed by atoms with Gasteiger partial charge < -0.3 is 15.2 Å². The number of carboxylic acid groups (broad SMARTS) is 1. The second kappa shape index (κ2) is 10.3. The third-order valence-corrected chi connectivity index (χ3v) is 6.12. The van der Waals surface area contributed by atoms with E-state index in [4.69, 9.17) is 9.84 Å². The number of nitrogens with zero attached hydrogens (tertiary/aromatic N) is 3. The molecule has 1 atom stereocenters. The number of nitrogens with one attached hydrogen (secondary N) is 1. The summed E-state index contributed by atoms with van der Waals surface area (Å²) in [6, 6.07) is 13.8. The Morgan fingerprint density at radius 2 is 1.76 bits per heavy atom. The molecule has 2 heterocycles. The topological polar surface area (TPSA) is 138 Å². The Kier molecular flexibility index (Phi) is 7.02. The van der Waals surface area contributed by atoms with Crippen LogP contribution in [0.15, 0.2) is 58.7 Å². The summed E-state index contributed by atoms with van der Waals surface area (Å²) in [6.45, 7) is 0.613. The van der Waals surface area contributed by atoms with E-state index in [0.29, 0.717) is 29.9 Å². The van der Waals surface area contributed by atoms with Crippen LogP contribution in [0.3, 0.4) is 0 Å². The first-order valence-corrected chi connectivity index (χ1v) is 11.3. The Hall–Kier alpha value is -3.99. The number of carbonyl (C=O) groups is 4. The number of ether oxygens (including phenoxy) is 1. The van der Waals surface area contributed by atoms with Gasteiger partial charge in [-0.15, -0.1) is 5.10 Å². The maximum absolute atomic E-state index is 12.4. The lowest BCUT2D eigenvalue weighted by Gasteiger charge is -2.14. The highest BCUT2D eigenvalue weighted by Gasteiger charge is 2.34. The minimum atomic E-state index is -1.05. The number of amidine groups is 1. The lowest BCUT2D eigenvalue weighted by Crippen LogP contribution is -2.31. The van der Waals surface area contributed by atoms with Gasteiger partial charge in [-0.2, -0.15) is 5.10 Å². The van der Waals surface area contributed by atoms with E-state index in [0.717, 1.165) is 17.3 Å². The van der Waals surface area contributed by atoms with Crippen molar-refractivity contribution in [3.05, 3.63) is 65.2 Å². The van der Waals surface area contributed by atoms with Crippen molar-refractivity contribution in [1.29, 1.82) is 0 Å². The number of carboxylic acids is 1. The van der Waals surface area contributed by atoms with Crippen LogP contribution in [0.5, 0.6) is 5.75 Å². The highest BCUT2D eigenvalue weighted by Crippen LogP contribution is 2.23. The van der Waals surface area contributed by atoms with Gasteiger partial charge >= 0.3 is 5.97 Å². The summed E-state index contributed by atoms with van der Waals surface area (Å²) < 4.78 is 5.69. The third-order valence-electron chi connectivity index (χ3n) is 5.04. The SMILES string of the molecule is O=C(O)CC1SC(=NN=Cc2ccc(OCCCN3C(=O)c4ccccc4C3=O)cc2)NC1=O. The molecule has 2 aromatic rings. The van der Waals surface area contributed by atoms with Gasteiger partial charge in [0.05, 0.1) is 30.4 Å². The fraction of sp³-hybridized carbons (Fsp3) is 0.217. The van der Waals surface area contributed by atoms with Gasteiger partial charge in [0.1, 0.15) is 11.0 Å². The molecule has 2 aliphatic rings. The van der Waals surface area contributed by atoms with Crippen LogP contribution in [0.2, 0.25) is 0 Å². The largest absolute Gasteiger partial charge is 0.494 e. The number of carbonyl (C=O) groups excluding carboxylic acids is 3. The molecule has 1 fully saturated rings. The Morgan fingerprint density at radius 1 is 1.09 bits per heavy atom. The average molecular weight is 481 g/mol. The first-order valence-electron chi connectivity index (χ1n) is 10.4. The molecule has 1 unspecified atom stereocenters. The number of fused-ring (bicyclic) bond motifs is 1. The van der Waals surface area contributed by atoms with Crippen molar-refractivity contribution >= 4 is 46.8 Å². The zero-order valence-electron chi connectivity index (χ0n) is 17.8. The normalized spacial score (nSPS) is 18.6. The van der Waals surface area contributed by atoms with Gasteiger partial charge in [-0.05, 0) is 48.4 Å². The summed E-state index contributed by atoms with van der Waals surface area (Å²) in [4.78, 5) is 48.4. The van der Waals surface area contributed by atoms with Crippen molar-refractivity contribution in [2.75, 3.05) is 13.2 Å². The number of thioether (sulfide) groups is 1. The zero-order valence-corrected chi connectivity index (χ0v) is 18.7. The van der Waals surface area contributed by atoms with Crippen molar-refractivity contribution in [3.63, 3.8) is 0 Å². The van der Waals surface area contributed by atoms with E-state index >= 15 is 0 Å². The molecule has 0 bridgehead atoms. The van der Waals surface area contributed by atoms with Crippen molar-refractivity contribution in [3.8, 4) is 5.75 Å². The molecule has 2 aliphatic heterocycles. The number of benzene rings is 2. The number of rotatable bonds is 9. The Balaban J connectivity index is 1.22. The molecule has 0 aromatic heterocycles. The summed E-state index contributed by atoms with van der Waals surface area (Å²) in [7, 11) is 0. The van der Waals surface area contributed by atoms with Crippen LogP contribution in [0.1, 0.15) is 39.1 Å². The maximum atomic E-state index is 12.4.